The number of imide groups is 1. The maximum Gasteiger partial charge on any atom is 0.426 e. The second-order valence-electron chi connectivity index (χ2n) is 15.5. The van der Waals surface area contributed by atoms with Gasteiger partial charge in [-0.2, -0.15) is 5.01 Å². The topological polar surface area (TPSA) is 94.2 Å². The molecule has 0 aromatic carbocycles. The molecule has 1 saturated heterocycles. The van der Waals surface area contributed by atoms with Gasteiger partial charge in [0.15, 0.2) is 0 Å². The zero-order valence-electron chi connectivity index (χ0n) is 34.3. The number of hydrogen-bond acceptors (Lipinski definition) is 6. The zero-order valence-corrected chi connectivity index (χ0v) is 34.3. The molecule has 52 heavy (non-hydrogen) atoms. The molecule has 1 fully saturated rings. The molecular weight excluding hydrogens is 652 g/mol. The maximum absolute atomic E-state index is 12.3. The lowest BCUT2D eigenvalue weighted by Gasteiger charge is -2.20. The number of unbranched alkanes of at least 4 members (excludes halogenated alkanes) is 30. The van der Waals surface area contributed by atoms with E-state index in [0.717, 1.165) is 24.3 Å². The van der Waals surface area contributed by atoms with Crippen LogP contribution in [0.3, 0.4) is 0 Å². The summed E-state index contributed by atoms with van der Waals surface area (Å²) < 4.78 is 17.4. The third-order valence-corrected chi connectivity index (χ3v) is 10.5. The van der Waals surface area contributed by atoms with Gasteiger partial charge in [0.05, 0.1) is 6.61 Å². The monoisotopic (exact) mass is 737 g/mol. The van der Waals surface area contributed by atoms with E-state index in [4.69, 9.17) is 14.2 Å². The highest BCUT2D eigenvalue weighted by Gasteiger charge is 2.31. The number of nitrogens with zero attached hydrogens (tertiary/aromatic N) is 1. The Kier molecular flexibility index (Phi) is 35.0. The van der Waals surface area contributed by atoms with E-state index in [1.807, 2.05) is 0 Å². The summed E-state index contributed by atoms with van der Waals surface area (Å²) in [4.78, 5) is 35.9. The van der Waals surface area contributed by atoms with E-state index in [2.05, 4.69) is 19.3 Å². The minimum atomic E-state index is -0.822. The molecule has 0 radical (unpaired) electrons. The second kappa shape index (κ2) is 37.6. The molecule has 1 atom stereocenters. The first-order chi connectivity index (χ1) is 25.6. The van der Waals surface area contributed by atoms with Crippen molar-refractivity contribution in [2.24, 2.45) is 0 Å². The van der Waals surface area contributed by atoms with Gasteiger partial charge in [-0.05, 0) is 12.8 Å². The molecule has 8 heteroatoms. The summed E-state index contributed by atoms with van der Waals surface area (Å²) in [5, 5.41) is 0.752. The lowest BCUT2D eigenvalue weighted by Crippen LogP contribution is -2.46. The van der Waals surface area contributed by atoms with Crippen molar-refractivity contribution < 1.29 is 28.6 Å². The van der Waals surface area contributed by atoms with E-state index >= 15 is 0 Å². The summed E-state index contributed by atoms with van der Waals surface area (Å²) in [6.07, 6.45) is 41.7. The van der Waals surface area contributed by atoms with Gasteiger partial charge in [-0.1, -0.05) is 206 Å². The average molecular weight is 737 g/mol. The van der Waals surface area contributed by atoms with E-state index in [9.17, 15) is 14.4 Å². The Morgan fingerprint density at radius 3 is 1.19 bits per heavy atom. The first kappa shape index (κ1) is 48.3. The molecule has 1 rings (SSSR count). The fourth-order valence-electron chi connectivity index (χ4n) is 7.00. The van der Waals surface area contributed by atoms with Crippen molar-refractivity contribution in [2.75, 3.05) is 26.4 Å². The highest BCUT2D eigenvalue weighted by molar-refractivity contribution is 6.02. The molecule has 1 N–H and O–H groups in total. The smallest absolute Gasteiger partial charge is 0.426 e. The van der Waals surface area contributed by atoms with Crippen molar-refractivity contribution in [3.63, 3.8) is 0 Å². The molecule has 306 valence electrons. The standard InChI is InChI=1S/C44H84N2O6/c1-3-5-7-9-11-13-15-17-19-21-23-25-27-29-31-33-37-50-39-41(40-52-44(49)45-46-42(47)35-36-43(46)48)51-38-34-32-30-28-26-24-22-20-18-16-14-12-10-8-6-4-2/h41H,3-40H2,1-2H3,(H,45,49). The van der Waals surface area contributed by atoms with Crippen LogP contribution in [-0.4, -0.2) is 55.4 Å². The fraction of sp³-hybridized carbons (Fsp3) is 0.932. The van der Waals surface area contributed by atoms with Gasteiger partial charge in [-0.3, -0.25) is 9.59 Å². The number of rotatable bonds is 40. The zero-order chi connectivity index (χ0) is 37.6. The first-order valence-corrected chi connectivity index (χ1v) is 22.6. The molecule has 0 bridgehead atoms. The molecule has 0 spiro atoms. The van der Waals surface area contributed by atoms with Crippen LogP contribution in [0.15, 0.2) is 0 Å². The summed E-state index contributed by atoms with van der Waals surface area (Å²) in [5.41, 5.74) is 2.26. The van der Waals surface area contributed by atoms with E-state index < -0.39 is 17.9 Å². The SMILES string of the molecule is CCCCCCCCCCCCCCCCCCOCC(COC(=O)NN1C(=O)CCC1=O)OCCCCCCCCCCCCCCCCCC. The molecule has 0 aromatic rings. The molecule has 0 aromatic heterocycles. The molecule has 1 aliphatic rings. The predicted octanol–water partition coefficient (Wildman–Crippen LogP) is 12.7. The van der Waals surface area contributed by atoms with Gasteiger partial charge < -0.3 is 14.2 Å². The lowest BCUT2D eigenvalue weighted by atomic mass is 10.0. The molecule has 1 unspecified atom stereocenters. The highest BCUT2D eigenvalue weighted by atomic mass is 16.6. The van der Waals surface area contributed by atoms with Crippen molar-refractivity contribution in [1.82, 2.24) is 10.4 Å². The Bertz CT molecular complexity index is 809. The number of carbonyl (C=O) groups is 3. The fourth-order valence-corrected chi connectivity index (χ4v) is 7.00. The molecule has 1 heterocycles. The summed E-state index contributed by atoms with van der Waals surface area (Å²) in [6, 6.07) is 0. The third kappa shape index (κ3) is 30.8. The predicted molar refractivity (Wildman–Crippen MR) is 215 cm³/mol. The van der Waals surface area contributed by atoms with Crippen molar-refractivity contribution in [2.45, 2.75) is 238 Å². The summed E-state index contributed by atoms with van der Waals surface area (Å²) in [5.74, 6) is -0.833. The molecule has 0 aliphatic carbocycles. The Labute approximate surface area is 321 Å². The molecule has 1 aliphatic heterocycles. The van der Waals surface area contributed by atoms with Gasteiger partial charge in [0.25, 0.3) is 0 Å². The van der Waals surface area contributed by atoms with Gasteiger partial charge in [0, 0.05) is 26.1 Å². The molecular formula is C44H84N2O6. The highest BCUT2D eigenvalue weighted by Crippen LogP contribution is 2.16. The average Bonchev–Trinajstić information content (AvgIpc) is 3.46. The van der Waals surface area contributed by atoms with Crippen LogP contribution in [0.25, 0.3) is 0 Å². The van der Waals surface area contributed by atoms with Gasteiger partial charge in [-0.15, -0.1) is 0 Å². The van der Waals surface area contributed by atoms with Crippen LogP contribution in [-0.2, 0) is 23.8 Å². The molecule has 0 saturated carbocycles. The Hall–Kier alpha value is -1.67. The number of hydrazine groups is 1. The normalized spacial score (nSPS) is 13.7. The van der Waals surface area contributed by atoms with Crippen molar-refractivity contribution in [1.29, 1.82) is 0 Å². The molecule has 3 amide bonds. The van der Waals surface area contributed by atoms with Crippen molar-refractivity contribution in [3.05, 3.63) is 0 Å². The Morgan fingerprint density at radius 1 is 0.500 bits per heavy atom. The maximum atomic E-state index is 12.3. The van der Waals surface area contributed by atoms with E-state index in [1.54, 1.807) is 0 Å². The number of carbonyl (C=O) groups excluding carboxylic acids is 3. The first-order valence-electron chi connectivity index (χ1n) is 22.6. The van der Waals surface area contributed by atoms with Crippen LogP contribution < -0.4 is 5.43 Å². The van der Waals surface area contributed by atoms with Crippen LogP contribution in [0, 0.1) is 0 Å². The minimum absolute atomic E-state index is 0.0138. The van der Waals surface area contributed by atoms with Crippen LogP contribution in [0.2, 0.25) is 0 Å². The summed E-state index contributed by atoms with van der Waals surface area (Å²) in [6.45, 7) is 6.19. The van der Waals surface area contributed by atoms with Crippen molar-refractivity contribution >= 4 is 17.9 Å². The second-order valence-corrected chi connectivity index (χ2v) is 15.5. The van der Waals surface area contributed by atoms with E-state index in [1.165, 1.54) is 186 Å². The van der Waals surface area contributed by atoms with Gasteiger partial charge in [-0.25, -0.2) is 10.2 Å². The third-order valence-electron chi connectivity index (χ3n) is 10.5. The van der Waals surface area contributed by atoms with E-state index in [0.29, 0.717) is 19.8 Å². The number of ether oxygens (including phenoxy) is 3. The number of amides is 3. The van der Waals surface area contributed by atoms with Crippen molar-refractivity contribution in [3.8, 4) is 0 Å². The Morgan fingerprint density at radius 2 is 0.827 bits per heavy atom. The lowest BCUT2D eigenvalue weighted by molar-refractivity contribution is -0.141. The van der Waals surface area contributed by atoms with Gasteiger partial charge >= 0.3 is 6.09 Å². The number of nitrogens with one attached hydrogen (secondary N) is 1. The van der Waals surface area contributed by atoms with Crippen LogP contribution >= 0.6 is 0 Å². The summed E-state index contributed by atoms with van der Waals surface area (Å²) >= 11 is 0. The van der Waals surface area contributed by atoms with Crippen LogP contribution in [0.1, 0.15) is 232 Å². The van der Waals surface area contributed by atoms with Crippen LogP contribution in [0.5, 0.6) is 0 Å². The minimum Gasteiger partial charge on any atom is -0.445 e. The number of hydrogen-bond donors (Lipinski definition) is 1. The van der Waals surface area contributed by atoms with E-state index in [-0.39, 0.29) is 25.6 Å². The van der Waals surface area contributed by atoms with Gasteiger partial charge in [0.2, 0.25) is 11.8 Å². The molecule has 8 nitrogen and oxygen atoms in total. The van der Waals surface area contributed by atoms with Crippen LogP contribution in [0.4, 0.5) is 4.79 Å². The van der Waals surface area contributed by atoms with Gasteiger partial charge in [0.1, 0.15) is 12.7 Å². The summed E-state index contributed by atoms with van der Waals surface area (Å²) in [7, 11) is 0. The Balaban J connectivity index is 2.10. The quantitative estimate of drug-likeness (QED) is 0.0497. The largest absolute Gasteiger partial charge is 0.445 e.